The fourth-order valence-corrected chi connectivity index (χ4v) is 3.91. The molecule has 1 aliphatic heterocycles. The molecule has 0 saturated carbocycles. The first-order valence-corrected chi connectivity index (χ1v) is 10.1. The summed E-state index contributed by atoms with van der Waals surface area (Å²) in [6.45, 7) is 7.91. The fourth-order valence-electron chi connectivity index (χ4n) is 3.91. The van der Waals surface area contributed by atoms with Crippen molar-refractivity contribution in [1.29, 1.82) is 0 Å². The van der Waals surface area contributed by atoms with Crippen molar-refractivity contribution in [2.75, 3.05) is 26.8 Å². The van der Waals surface area contributed by atoms with E-state index in [0.29, 0.717) is 30.8 Å². The molecule has 0 unspecified atom stereocenters. The summed E-state index contributed by atoms with van der Waals surface area (Å²) in [7, 11) is 1.57. The van der Waals surface area contributed by atoms with Crippen LogP contribution < -0.4 is 0 Å². The molecule has 7 nitrogen and oxygen atoms in total. The zero-order valence-corrected chi connectivity index (χ0v) is 18.2. The standard InChI is InChI=1S/C22H30FN3O4/c1-6-7-16-10-17(18(23)11-24-16)19(8-9-30-5)25-12-15(4)26(21(27)14(2)3)20(13-25)22(28)29/h10-11,14-15,19-20H,8-9,12-13H2,1-5H3,(H,28,29)/t15-,19-,20-/m1/s1. The van der Waals surface area contributed by atoms with Gasteiger partial charge in [-0.2, -0.15) is 0 Å². The van der Waals surface area contributed by atoms with Gasteiger partial charge in [0.15, 0.2) is 0 Å². The Morgan fingerprint density at radius 1 is 1.40 bits per heavy atom. The second kappa shape index (κ2) is 10.5. The second-order valence-corrected chi connectivity index (χ2v) is 7.82. The first-order valence-electron chi connectivity index (χ1n) is 10.1. The number of hydrogen-bond donors (Lipinski definition) is 1. The zero-order chi connectivity index (χ0) is 22.4. The molecular weight excluding hydrogens is 389 g/mol. The molecule has 3 atom stereocenters. The summed E-state index contributed by atoms with van der Waals surface area (Å²) in [5.74, 6) is 3.54. The smallest absolute Gasteiger partial charge is 0.327 e. The van der Waals surface area contributed by atoms with Crippen LogP contribution in [0.5, 0.6) is 0 Å². The highest BCUT2D eigenvalue weighted by Gasteiger charge is 2.42. The van der Waals surface area contributed by atoms with Crippen LogP contribution in [0.15, 0.2) is 12.3 Å². The number of methoxy groups -OCH3 is 1. The average molecular weight is 419 g/mol. The largest absolute Gasteiger partial charge is 0.480 e. The summed E-state index contributed by atoms with van der Waals surface area (Å²) >= 11 is 0. The van der Waals surface area contributed by atoms with Gasteiger partial charge >= 0.3 is 5.97 Å². The number of halogens is 1. The summed E-state index contributed by atoms with van der Waals surface area (Å²) < 4.78 is 20.0. The Morgan fingerprint density at radius 2 is 2.10 bits per heavy atom. The lowest BCUT2D eigenvalue weighted by molar-refractivity contribution is -0.159. The first-order chi connectivity index (χ1) is 14.2. The van der Waals surface area contributed by atoms with Crippen LogP contribution in [0.25, 0.3) is 0 Å². The van der Waals surface area contributed by atoms with Gasteiger partial charge in [-0.15, -0.1) is 0 Å². The molecule has 1 aliphatic rings. The van der Waals surface area contributed by atoms with Crippen LogP contribution in [0.3, 0.4) is 0 Å². The molecule has 1 amide bonds. The topological polar surface area (TPSA) is 83.0 Å². The SMILES string of the molecule is CC#Cc1cc([C@@H](CCOC)N2C[C@@H](C)N(C(=O)C(C)C)[C@@H](C(=O)O)C2)c(F)cn1. The number of rotatable bonds is 7. The Labute approximate surface area is 177 Å². The Bertz CT molecular complexity index is 833. The highest BCUT2D eigenvalue weighted by atomic mass is 19.1. The molecule has 8 heteroatoms. The second-order valence-electron chi connectivity index (χ2n) is 7.82. The van der Waals surface area contributed by atoms with Gasteiger partial charge in [-0.1, -0.05) is 19.8 Å². The molecule has 0 radical (unpaired) electrons. The van der Waals surface area contributed by atoms with Crippen LogP contribution >= 0.6 is 0 Å². The van der Waals surface area contributed by atoms with E-state index in [9.17, 15) is 19.1 Å². The predicted octanol–water partition coefficient (Wildman–Crippen LogP) is 2.31. The number of aliphatic carboxylic acids is 1. The van der Waals surface area contributed by atoms with E-state index in [-0.39, 0.29) is 24.4 Å². The third kappa shape index (κ3) is 5.35. The first kappa shape index (κ1) is 23.8. The Balaban J connectivity index is 2.43. The van der Waals surface area contributed by atoms with Crippen LogP contribution in [0.4, 0.5) is 4.39 Å². The maximum Gasteiger partial charge on any atom is 0.327 e. The van der Waals surface area contributed by atoms with Crippen molar-refractivity contribution in [1.82, 2.24) is 14.8 Å². The average Bonchev–Trinajstić information content (AvgIpc) is 2.69. The number of carbonyl (C=O) groups excluding carboxylic acids is 1. The summed E-state index contributed by atoms with van der Waals surface area (Å²) in [6.07, 6.45) is 1.61. The van der Waals surface area contributed by atoms with Crippen LogP contribution in [0.1, 0.15) is 51.4 Å². The highest BCUT2D eigenvalue weighted by molar-refractivity contribution is 5.85. The molecule has 0 aromatic carbocycles. The zero-order valence-electron chi connectivity index (χ0n) is 18.2. The molecule has 164 valence electrons. The van der Waals surface area contributed by atoms with Crippen molar-refractivity contribution in [2.45, 2.75) is 52.2 Å². The maximum absolute atomic E-state index is 14.7. The Hall–Kier alpha value is -2.50. The fraction of sp³-hybridized carbons (Fsp3) is 0.591. The van der Waals surface area contributed by atoms with E-state index in [2.05, 4.69) is 16.8 Å². The van der Waals surface area contributed by atoms with Gasteiger partial charge in [-0.05, 0) is 32.3 Å². The lowest BCUT2D eigenvalue weighted by Gasteiger charge is -2.47. The maximum atomic E-state index is 14.7. The number of ether oxygens (including phenoxy) is 1. The van der Waals surface area contributed by atoms with E-state index in [1.54, 1.807) is 33.9 Å². The molecule has 1 aromatic rings. The van der Waals surface area contributed by atoms with Crippen molar-refractivity contribution in [2.24, 2.45) is 5.92 Å². The molecule has 1 aromatic heterocycles. The number of hydrogen-bond acceptors (Lipinski definition) is 5. The van der Waals surface area contributed by atoms with Gasteiger partial charge in [0.2, 0.25) is 5.91 Å². The molecular formula is C22H30FN3O4. The van der Waals surface area contributed by atoms with Crippen molar-refractivity contribution in [3.63, 3.8) is 0 Å². The minimum atomic E-state index is -1.07. The number of carboxylic acids is 1. The van der Waals surface area contributed by atoms with Gasteiger partial charge in [0, 0.05) is 50.4 Å². The number of amides is 1. The van der Waals surface area contributed by atoms with Gasteiger partial charge in [-0.3, -0.25) is 9.69 Å². The molecule has 2 rings (SSSR count). The summed E-state index contributed by atoms with van der Waals surface area (Å²) in [6, 6.07) is -0.155. The van der Waals surface area contributed by atoms with Crippen LogP contribution in [-0.2, 0) is 14.3 Å². The van der Waals surface area contributed by atoms with Gasteiger partial charge < -0.3 is 14.7 Å². The van der Waals surface area contributed by atoms with Crippen LogP contribution in [-0.4, -0.2) is 70.7 Å². The normalized spacial score (nSPS) is 20.6. The van der Waals surface area contributed by atoms with E-state index in [0.717, 1.165) is 6.20 Å². The number of piperazine rings is 1. The van der Waals surface area contributed by atoms with Crippen molar-refractivity contribution in [3.8, 4) is 11.8 Å². The van der Waals surface area contributed by atoms with Crippen LogP contribution in [0, 0.1) is 23.6 Å². The van der Waals surface area contributed by atoms with E-state index in [4.69, 9.17) is 4.74 Å². The molecule has 30 heavy (non-hydrogen) atoms. The van der Waals surface area contributed by atoms with E-state index in [1.165, 1.54) is 4.90 Å². The summed E-state index contributed by atoms with van der Waals surface area (Å²) in [4.78, 5) is 32.0. The molecule has 1 saturated heterocycles. The molecule has 0 spiro atoms. The van der Waals surface area contributed by atoms with E-state index >= 15 is 0 Å². The van der Waals surface area contributed by atoms with Gasteiger partial charge in [0.1, 0.15) is 17.6 Å². The molecule has 2 heterocycles. The lowest BCUT2D eigenvalue weighted by atomic mass is 9.96. The predicted molar refractivity (Wildman–Crippen MR) is 110 cm³/mol. The highest BCUT2D eigenvalue weighted by Crippen LogP contribution is 2.31. The summed E-state index contributed by atoms with van der Waals surface area (Å²) in [5.41, 5.74) is 0.854. The van der Waals surface area contributed by atoms with Crippen molar-refractivity contribution >= 4 is 11.9 Å². The van der Waals surface area contributed by atoms with Crippen molar-refractivity contribution in [3.05, 3.63) is 29.3 Å². The molecule has 0 bridgehead atoms. The van der Waals surface area contributed by atoms with Crippen LogP contribution in [0.2, 0.25) is 0 Å². The van der Waals surface area contributed by atoms with E-state index < -0.39 is 23.9 Å². The quantitative estimate of drug-likeness (QED) is 0.683. The van der Waals surface area contributed by atoms with Gasteiger partial charge in [0.25, 0.3) is 0 Å². The number of nitrogens with zero attached hydrogens (tertiary/aromatic N) is 3. The molecule has 1 N–H and O–H groups in total. The van der Waals surface area contributed by atoms with Crippen molar-refractivity contribution < 1.29 is 23.8 Å². The third-order valence-corrected chi connectivity index (χ3v) is 5.28. The lowest BCUT2D eigenvalue weighted by Crippen LogP contribution is -2.63. The third-order valence-electron chi connectivity index (χ3n) is 5.28. The van der Waals surface area contributed by atoms with Gasteiger partial charge in [0.05, 0.1) is 6.20 Å². The number of pyridine rings is 1. The minimum absolute atomic E-state index is 0.100. The number of carboxylic acid groups (broad SMARTS) is 1. The van der Waals surface area contributed by atoms with Gasteiger partial charge in [-0.25, -0.2) is 14.2 Å². The monoisotopic (exact) mass is 419 g/mol. The Kier molecular flexibility index (Phi) is 8.33. The molecule has 1 fully saturated rings. The Morgan fingerprint density at radius 3 is 2.67 bits per heavy atom. The minimum Gasteiger partial charge on any atom is -0.480 e. The molecule has 0 aliphatic carbocycles. The number of aromatic nitrogens is 1. The summed E-state index contributed by atoms with van der Waals surface area (Å²) in [5, 5.41) is 9.82. The van der Waals surface area contributed by atoms with E-state index in [1.807, 2.05) is 11.8 Å². The number of carbonyl (C=O) groups is 2.